The number of benzene rings is 3. The maximum absolute atomic E-state index is 13.4. The number of carboxylic acid groups (broad SMARTS) is 1. The summed E-state index contributed by atoms with van der Waals surface area (Å²) in [7, 11) is 0. The van der Waals surface area contributed by atoms with Crippen LogP contribution in [0.3, 0.4) is 0 Å². The molecule has 1 amide bonds. The lowest BCUT2D eigenvalue weighted by Gasteiger charge is -2.40. The molecular weight excluding hydrogens is 442 g/mol. The molecule has 0 saturated carbocycles. The van der Waals surface area contributed by atoms with Crippen molar-refractivity contribution in [2.75, 3.05) is 4.90 Å². The van der Waals surface area contributed by atoms with Gasteiger partial charge in [0.05, 0.1) is 6.04 Å². The van der Waals surface area contributed by atoms with Crippen LogP contribution in [0, 0.1) is 0 Å². The van der Waals surface area contributed by atoms with Crippen LogP contribution in [0.25, 0.3) is 0 Å². The summed E-state index contributed by atoms with van der Waals surface area (Å²) in [6.07, 6.45) is 0. The van der Waals surface area contributed by atoms with Gasteiger partial charge in [-0.1, -0.05) is 57.9 Å². The first-order chi connectivity index (χ1) is 13.5. The third kappa shape index (κ3) is 3.21. The van der Waals surface area contributed by atoms with Crippen molar-refractivity contribution >= 4 is 45.1 Å². The van der Waals surface area contributed by atoms with Crippen molar-refractivity contribution in [3.63, 3.8) is 0 Å². The maximum Gasteiger partial charge on any atom is 0.313 e. The summed E-state index contributed by atoms with van der Waals surface area (Å²) in [5.74, 6) is -2.11. The second-order valence-electron chi connectivity index (χ2n) is 6.55. The molecule has 28 heavy (non-hydrogen) atoms. The van der Waals surface area contributed by atoms with Crippen molar-refractivity contribution < 1.29 is 14.7 Å². The van der Waals surface area contributed by atoms with E-state index in [2.05, 4.69) is 15.9 Å². The molecule has 1 heterocycles. The number of carbonyl (C=O) groups is 2. The number of anilines is 1. The van der Waals surface area contributed by atoms with Crippen molar-refractivity contribution in [2.45, 2.75) is 12.0 Å². The van der Waals surface area contributed by atoms with Gasteiger partial charge in [-0.15, -0.1) is 0 Å². The summed E-state index contributed by atoms with van der Waals surface area (Å²) in [4.78, 5) is 27.3. The molecule has 0 spiro atoms. The molecule has 0 aliphatic carbocycles. The highest BCUT2D eigenvalue weighted by atomic mass is 79.9. The number of rotatable bonds is 3. The van der Waals surface area contributed by atoms with E-state index < -0.39 is 17.9 Å². The van der Waals surface area contributed by atoms with Gasteiger partial charge >= 0.3 is 5.97 Å². The molecule has 0 unspecified atom stereocenters. The third-order valence-corrected chi connectivity index (χ3v) is 5.70. The number of hydrogen-bond acceptors (Lipinski definition) is 2. The highest BCUT2D eigenvalue weighted by Crippen LogP contribution is 2.45. The molecule has 1 aliphatic heterocycles. The van der Waals surface area contributed by atoms with Crippen molar-refractivity contribution in [3.05, 3.63) is 99.0 Å². The SMILES string of the molecule is O=C(O)[C@@H]1c2ccccc2C(=O)N(c2ccc(Cl)cc2)[C@@H]1c1ccc(Br)cc1. The lowest BCUT2D eigenvalue weighted by atomic mass is 9.79. The van der Waals surface area contributed by atoms with Gasteiger partial charge < -0.3 is 5.11 Å². The van der Waals surface area contributed by atoms with Gasteiger partial charge in [-0.25, -0.2) is 0 Å². The van der Waals surface area contributed by atoms with Gasteiger partial charge in [-0.2, -0.15) is 0 Å². The Balaban J connectivity index is 1.97. The predicted octanol–water partition coefficient (Wildman–Crippen LogP) is 5.67. The standard InChI is InChI=1S/C22H15BrClNO3/c23-14-7-5-13(6-8-14)20-19(22(27)28)17-3-1-2-4-18(17)21(26)25(20)16-11-9-15(24)10-12-16/h1-12,19-20H,(H,27,28)/t19-,20-/m1/s1. The third-order valence-electron chi connectivity index (χ3n) is 4.92. The summed E-state index contributed by atoms with van der Waals surface area (Å²) >= 11 is 9.42. The van der Waals surface area contributed by atoms with Gasteiger partial charge in [0, 0.05) is 20.7 Å². The van der Waals surface area contributed by atoms with Crippen LogP contribution in [0.4, 0.5) is 5.69 Å². The first-order valence-corrected chi connectivity index (χ1v) is 9.81. The molecule has 0 saturated heterocycles. The summed E-state index contributed by atoms with van der Waals surface area (Å²) in [5, 5.41) is 10.6. The van der Waals surface area contributed by atoms with Crippen LogP contribution >= 0.6 is 27.5 Å². The molecule has 0 aromatic heterocycles. The van der Waals surface area contributed by atoms with Gasteiger partial charge in [0.15, 0.2) is 0 Å². The highest BCUT2D eigenvalue weighted by Gasteiger charge is 2.44. The molecule has 0 fully saturated rings. The fraction of sp³-hybridized carbons (Fsp3) is 0.0909. The topological polar surface area (TPSA) is 57.6 Å². The van der Waals surface area contributed by atoms with E-state index in [0.717, 1.165) is 10.0 Å². The number of fused-ring (bicyclic) bond motifs is 1. The molecule has 6 heteroatoms. The zero-order valence-electron chi connectivity index (χ0n) is 14.5. The maximum atomic E-state index is 13.4. The van der Waals surface area contributed by atoms with E-state index in [1.807, 2.05) is 24.3 Å². The van der Waals surface area contributed by atoms with Crippen molar-refractivity contribution in [2.24, 2.45) is 0 Å². The minimum Gasteiger partial charge on any atom is -0.481 e. The zero-order chi connectivity index (χ0) is 19.8. The van der Waals surface area contributed by atoms with Crippen LogP contribution in [0.2, 0.25) is 5.02 Å². The normalized spacial score (nSPS) is 18.6. The molecule has 3 aromatic rings. The first-order valence-electron chi connectivity index (χ1n) is 8.63. The Kier molecular flexibility index (Phi) is 4.96. The zero-order valence-corrected chi connectivity index (χ0v) is 16.9. The summed E-state index contributed by atoms with van der Waals surface area (Å²) < 4.78 is 0.878. The Hall–Kier alpha value is -2.63. The number of hydrogen-bond donors (Lipinski definition) is 1. The molecule has 140 valence electrons. The molecule has 1 N–H and O–H groups in total. The average molecular weight is 457 g/mol. The van der Waals surface area contributed by atoms with Gasteiger partial charge in [-0.05, 0) is 53.6 Å². The molecule has 0 bridgehead atoms. The highest BCUT2D eigenvalue weighted by molar-refractivity contribution is 9.10. The Labute approximate surface area is 175 Å². The van der Waals surface area contributed by atoms with E-state index >= 15 is 0 Å². The number of carbonyl (C=O) groups excluding carboxylic acids is 1. The summed E-state index contributed by atoms with van der Waals surface area (Å²) in [5.41, 5.74) is 2.27. The van der Waals surface area contributed by atoms with Gasteiger partial charge in [0.1, 0.15) is 5.92 Å². The minimum atomic E-state index is -0.980. The summed E-state index contributed by atoms with van der Waals surface area (Å²) in [6.45, 7) is 0. The molecule has 1 aliphatic rings. The van der Waals surface area contributed by atoms with Crippen LogP contribution in [-0.4, -0.2) is 17.0 Å². The average Bonchev–Trinajstić information content (AvgIpc) is 2.69. The van der Waals surface area contributed by atoms with Gasteiger partial charge in [0.25, 0.3) is 5.91 Å². The van der Waals surface area contributed by atoms with Crippen molar-refractivity contribution in [3.8, 4) is 0 Å². The van der Waals surface area contributed by atoms with E-state index in [0.29, 0.717) is 21.8 Å². The Bertz CT molecular complexity index is 1050. The van der Waals surface area contributed by atoms with Crippen LogP contribution in [-0.2, 0) is 4.79 Å². The monoisotopic (exact) mass is 455 g/mol. The Morgan fingerprint density at radius 3 is 2.25 bits per heavy atom. The number of carboxylic acids is 1. The van der Waals surface area contributed by atoms with Gasteiger partial charge in [-0.3, -0.25) is 14.5 Å². The van der Waals surface area contributed by atoms with Crippen LogP contribution in [0.5, 0.6) is 0 Å². The Morgan fingerprint density at radius 1 is 0.964 bits per heavy atom. The van der Waals surface area contributed by atoms with Crippen LogP contribution in [0.1, 0.15) is 33.4 Å². The minimum absolute atomic E-state index is 0.233. The van der Waals surface area contributed by atoms with Gasteiger partial charge in [0.2, 0.25) is 0 Å². The lowest BCUT2D eigenvalue weighted by Crippen LogP contribution is -2.45. The number of halogens is 2. The van der Waals surface area contributed by atoms with E-state index in [9.17, 15) is 14.7 Å². The van der Waals surface area contributed by atoms with Crippen LogP contribution < -0.4 is 4.90 Å². The van der Waals surface area contributed by atoms with E-state index in [1.165, 1.54) is 0 Å². The molecule has 4 nitrogen and oxygen atoms in total. The fourth-order valence-corrected chi connectivity index (χ4v) is 4.08. The molecular formula is C22H15BrClNO3. The number of amides is 1. The van der Waals surface area contributed by atoms with Crippen LogP contribution in [0.15, 0.2) is 77.3 Å². The molecule has 4 rings (SSSR count). The van der Waals surface area contributed by atoms with Crippen molar-refractivity contribution in [1.82, 2.24) is 0 Å². The second-order valence-corrected chi connectivity index (χ2v) is 7.90. The largest absolute Gasteiger partial charge is 0.481 e. The smallest absolute Gasteiger partial charge is 0.313 e. The molecule has 0 radical (unpaired) electrons. The fourth-order valence-electron chi connectivity index (χ4n) is 3.69. The first kappa shape index (κ1) is 18.7. The quantitative estimate of drug-likeness (QED) is 0.552. The van der Waals surface area contributed by atoms with E-state index in [1.54, 1.807) is 53.4 Å². The number of aliphatic carboxylic acids is 1. The van der Waals surface area contributed by atoms with E-state index in [4.69, 9.17) is 11.6 Å². The lowest BCUT2D eigenvalue weighted by molar-refractivity contribution is -0.139. The summed E-state index contributed by atoms with van der Waals surface area (Å²) in [6, 6.07) is 20.5. The molecule has 3 aromatic carbocycles. The predicted molar refractivity (Wildman–Crippen MR) is 112 cm³/mol. The molecule has 2 atom stereocenters. The van der Waals surface area contributed by atoms with Crippen molar-refractivity contribution in [1.29, 1.82) is 0 Å². The van der Waals surface area contributed by atoms with E-state index in [-0.39, 0.29) is 5.91 Å². The Morgan fingerprint density at radius 2 is 1.61 bits per heavy atom. The second kappa shape index (κ2) is 7.41. The number of nitrogens with zero attached hydrogens (tertiary/aromatic N) is 1.